The van der Waals surface area contributed by atoms with Crippen LogP contribution in [-0.2, 0) is 25.2 Å². The summed E-state index contributed by atoms with van der Waals surface area (Å²) < 4.78 is 80.7. The molecule has 1 aliphatic rings. The Kier molecular flexibility index (Phi) is 7.59. The highest BCUT2D eigenvalue weighted by atomic mass is 35.5. The Hall–Kier alpha value is -2.62. The van der Waals surface area contributed by atoms with Crippen molar-refractivity contribution in [3.8, 4) is 0 Å². The number of halogens is 6. The molecule has 176 valence electrons. The fourth-order valence-corrected chi connectivity index (χ4v) is 3.83. The number of esters is 2. The van der Waals surface area contributed by atoms with E-state index in [0.29, 0.717) is 12.1 Å². The molecule has 1 aromatic carbocycles. The van der Waals surface area contributed by atoms with Crippen LogP contribution in [-0.4, -0.2) is 43.8 Å². The lowest BCUT2D eigenvalue weighted by molar-refractivity contribution is -0.144. The van der Waals surface area contributed by atoms with E-state index in [1.807, 2.05) is 0 Å². The summed E-state index contributed by atoms with van der Waals surface area (Å²) in [5.74, 6) is -5.70. The fraction of sp³-hybridized carbons (Fsp3) is 0.429. The molecule has 0 bridgehead atoms. The summed E-state index contributed by atoms with van der Waals surface area (Å²) in [6.45, 7) is 3.02. The van der Waals surface area contributed by atoms with Crippen LogP contribution in [0.1, 0.15) is 37.8 Å². The zero-order valence-corrected chi connectivity index (χ0v) is 18.6. The minimum absolute atomic E-state index is 0.0200. The van der Waals surface area contributed by atoms with Gasteiger partial charge in [-0.2, -0.15) is 13.2 Å². The molecule has 1 heterocycles. The molecule has 11 heteroatoms. The summed E-state index contributed by atoms with van der Waals surface area (Å²) in [4.78, 5) is 26.7. The van der Waals surface area contributed by atoms with Crippen LogP contribution in [0.3, 0.4) is 0 Å². The number of carbonyl (C=O) groups excluding carboxylic acids is 2. The van der Waals surface area contributed by atoms with Crippen LogP contribution in [0.4, 0.5) is 22.0 Å². The maximum Gasteiger partial charge on any atom is 0.418 e. The van der Waals surface area contributed by atoms with Gasteiger partial charge in [0.2, 0.25) is 0 Å². The molecule has 5 nitrogen and oxygen atoms in total. The normalized spacial score (nSPS) is 17.2. The molecule has 1 aromatic rings. The zero-order valence-electron chi connectivity index (χ0n) is 17.9. The Balaban J connectivity index is 3.05. The minimum atomic E-state index is -5.16. The van der Waals surface area contributed by atoms with Crippen LogP contribution in [0.25, 0.3) is 0 Å². The highest BCUT2D eigenvalue weighted by molar-refractivity contribution is 6.31. The van der Waals surface area contributed by atoms with Gasteiger partial charge >= 0.3 is 18.1 Å². The van der Waals surface area contributed by atoms with E-state index in [-0.39, 0.29) is 11.4 Å². The van der Waals surface area contributed by atoms with Crippen LogP contribution >= 0.6 is 11.6 Å². The molecule has 0 fully saturated rings. The third-order valence-corrected chi connectivity index (χ3v) is 5.31. The second-order valence-corrected chi connectivity index (χ2v) is 7.65. The first-order chi connectivity index (χ1) is 14.8. The average Bonchev–Trinajstić information content (AvgIpc) is 2.68. The van der Waals surface area contributed by atoms with Crippen molar-refractivity contribution in [1.82, 2.24) is 4.90 Å². The fourth-order valence-electron chi connectivity index (χ4n) is 3.56. The summed E-state index contributed by atoms with van der Waals surface area (Å²) in [5, 5.41) is -0.854. The van der Waals surface area contributed by atoms with Crippen molar-refractivity contribution in [3.05, 3.63) is 56.6 Å². The van der Waals surface area contributed by atoms with Gasteiger partial charge in [-0.3, -0.25) is 0 Å². The van der Waals surface area contributed by atoms with Gasteiger partial charge in [0.1, 0.15) is 12.5 Å². The molecular weight excluding hydrogens is 461 g/mol. The predicted octanol–water partition coefficient (Wildman–Crippen LogP) is 5.15. The van der Waals surface area contributed by atoms with Gasteiger partial charge in [0.25, 0.3) is 0 Å². The van der Waals surface area contributed by atoms with Gasteiger partial charge in [-0.25, -0.2) is 18.4 Å². The highest BCUT2D eigenvalue weighted by Crippen LogP contribution is 2.49. The van der Waals surface area contributed by atoms with Crippen LogP contribution in [0.2, 0.25) is 5.02 Å². The molecule has 0 aromatic heterocycles. The van der Waals surface area contributed by atoms with Gasteiger partial charge in [-0.05, 0) is 32.9 Å². The minimum Gasteiger partial charge on any atom is -0.466 e. The molecule has 1 atom stereocenters. The van der Waals surface area contributed by atoms with Gasteiger partial charge in [-0.1, -0.05) is 11.6 Å². The van der Waals surface area contributed by atoms with E-state index in [4.69, 9.17) is 16.3 Å². The zero-order chi connectivity index (χ0) is 24.5. The van der Waals surface area contributed by atoms with Crippen molar-refractivity contribution >= 4 is 23.5 Å². The molecule has 0 saturated carbocycles. The molecule has 2 rings (SSSR count). The van der Waals surface area contributed by atoms with E-state index in [0.717, 1.165) is 12.0 Å². The van der Waals surface area contributed by atoms with Gasteiger partial charge in [-0.15, -0.1) is 0 Å². The second kappa shape index (κ2) is 9.48. The summed E-state index contributed by atoms with van der Waals surface area (Å²) in [6.07, 6.45) is -5.84. The number of methoxy groups -OCH3 is 1. The number of allylic oxidation sites excluding steroid dienone is 2. The predicted molar refractivity (Wildman–Crippen MR) is 106 cm³/mol. The summed E-state index contributed by atoms with van der Waals surface area (Å²) >= 11 is 5.78. The second-order valence-electron chi connectivity index (χ2n) is 7.25. The van der Waals surface area contributed by atoms with Gasteiger partial charge in [0, 0.05) is 18.3 Å². The van der Waals surface area contributed by atoms with Crippen LogP contribution < -0.4 is 0 Å². The Labute approximate surface area is 186 Å². The number of nitrogens with zero attached hydrogens (tertiary/aromatic N) is 1. The molecule has 1 aliphatic heterocycles. The van der Waals surface area contributed by atoms with E-state index < -0.39 is 69.9 Å². The number of hydrogen-bond acceptors (Lipinski definition) is 5. The number of benzene rings is 1. The van der Waals surface area contributed by atoms with E-state index in [1.54, 1.807) is 0 Å². The highest BCUT2D eigenvalue weighted by Gasteiger charge is 2.47. The largest absolute Gasteiger partial charge is 0.466 e. The number of alkyl halides is 4. The van der Waals surface area contributed by atoms with Crippen LogP contribution in [0, 0.1) is 5.82 Å². The Morgan fingerprint density at radius 2 is 1.78 bits per heavy atom. The Morgan fingerprint density at radius 3 is 2.25 bits per heavy atom. The van der Waals surface area contributed by atoms with Gasteiger partial charge < -0.3 is 14.4 Å². The first-order valence-corrected chi connectivity index (χ1v) is 9.73. The lowest BCUT2D eigenvalue weighted by Crippen LogP contribution is -2.36. The summed E-state index contributed by atoms with van der Waals surface area (Å²) in [7, 11) is 2.24. The number of hydrogen-bond donors (Lipinski definition) is 0. The molecule has 0 radical (unpaired) electrons. The van der Waals surface area contributed by atoms with Crippen molar-refractivity contribution in [2.45, 2.75) is 39.0 Å². The third kappa shape index (κ3) is 4.60. The van der Waals surface area contributed by atoms with Crippen molar-refractivity contribution in [1.29, 1.82) is 0 Å². The topological polar surface area (TPSA) is 55.8 Å². The molecule has 0 amide bonds. The number of rotatable bonds is 5. The molecule has 0 spiro atoms. The number of carbonyl (C=O) groups is 2. The van der Waals surface area contributed by atoms with Crippen molar-refractivity contribution in [2.24, 2.45) is 0 Å². The van der Waals surface area contributed by atoms with Crippen LogP contribution in [0.15, 0.2) is 34.7 Å². The van der Waals surface area contributed by atoms with Gasteiger partial charge in [0.05, 0.1) is 46.6 Å². The van der Waals surface area contributed by atoms with E-state index in [2.05, 4.69) is 4.74 Å². The first-order valence-electron chi connectivity index (χ1n) is 9.35. The molecular formula is C21H21ClF5NO4. The molecule has 0 saturated heterocycles. The molecule has 0 aliphatic carbocycles. The summed E-state index contributed by atoms with van der Waals surface area (Å²) in [6, 6.07) is 1.38. The van der Waals surface area contributed by atoms with Gasteiger partial charge in [0.15, 0.2) is 0 Å². The van der Waals surface area contributed by atoms with Crippen molar-refractivity contribution in [3.63, 3.8) is 0 Å². The Morgan fingerprint density at radius 1 is 1.19 bits per heavy atom. The maximum absolute atomic E-state index is 15.0. The maximum atomic E-state index is 15.0. The monoisotopic (exact) mass is 481 g/mol. The van der Waals surface area contributed by atoms with E-state index in [1.165, 1.54) is 27.8 Å². The Bertz CT molecular complexity index is 1000. The number of ether oxygens (including phenoxy) is 2. The molecule has 32 heavy (non-hydrogen) atoms. The van der Waals surface area contributed by atoms with Crippen molar-refractivity contribution < 1.29 is 41.0 Å². The SMILES string of the molecule is COC(=O)C1=C(CF)N(C)C(C)=C(C(=O)OC(C)C)C1c1c(F)ccc(Cl)c1C(F)(F)F. The van der Waals surface area contributed by atoms with Crippen LogP contribution in [0.5, 0.6) is 0 Å². The van der Waals surface area contributed by atoms with E-state index >= 15 is 4.39 Å². The third-order valence-electron chi connectivity index (χ3n) is 4.99. The quantitative estimate of drug-likeness (QED) is 0.430. The average molecular weight is 482 g/mol. The van der Waals surface area contributed by atoms with Crippen molar-refractivity contribution in [2.75, 3.05) is 20.8 Å². The van der Waals surface area contributed by atoms with E-state index in [9.17, 15) is 27.2 Å². The standard InChI is InChI=1S/C21H21ClF5NO4/c1-9(2)32-20(30)14-10(3)28(4)13(8-23)16(19(29)31-5)17(14)15-12(24)7-6-11(22)18(15)21(25,26)27/h6-7,9,17H,8H2,1-5H3. The molecule has 1 unspecified atom stereocenters. The lowest BCUT2D eigenvalue weighted by atomic mass is 9.77. The summed E-state index contributed by atoms with van der Waals surface area (Å²) in [5.41, 5.74) is -4.21. The smallest absolute Gasteiger partial charge is 0.418 e. The molecule has 0 N–H and O–H groups in total. The first kappa shape index (κ1) is 25.6. The lowest BCUT2D eigenvalue weighted by Gasteiger charge is -2.37.